The van der Waals surface area contributed by atoms with Crippen LogP contribution in [0.2, 0.25) is 5.02 Å². The fraction of sp³-hybridized carbons (Fsp3) is 0.235. The van der Waals surface area contributed by atoms with E-state index in [1.807, 2.05) is 0 Å². The van der Waals surface area contributed by atoms with Crippen LogP contribution >= 0.6 is 11.6 Å². The number of alkyl halides is 2. The van der Waals surface area contributed by atoms with Crippen molar-refractivity contribution in [2.45, 2.75) is 19.6 Å². The van der Waals surface area contributed by atoms with Crippen LogP contribution in [0.4, 0.5) is 8.78 Å². The predicted molar refractivity (Wildman–Crippen MR) is 86.5 cm³/mol. The van der Waals surface area contributed by atoms with Crippen LogP contribution in [0.1, 0.15) is 12.0 Å². The molecule has 0 saturated heterocycles. The van der Waals surface area contributed by atoms with E-state index >= 15 is 0 Å². The van der Waals surface area contributed by atoms with Crippen molar-refractivity contribution in [1.82, 2.24) is 5.32 Å². The standard InChI is InChI=1S/C17H16ClF2NO3/c18-13-5-3-6-14(10-13)23-9-8-16(22)21-11-12-4-1-2-7-15(12)24-17(19)20/h1-7,10,17H,8-9,11H2,(H,21,22). The average molecular weight is 356 g/mol. The van der Waals surface area contributed by atoms with E-state index in [2.05, 4.69) is 10.1 Å². The van der Waals surface area contributed by atoms with Crippen LogP contribution in [0, 0.1) is 0 Å². The number of rotatable bonds is 8. The number of carbonyl (C=O) groups excluding carboxylic acids is 1. The molecule has 0 aliphatic carbocycles. The minimum absolute atomic E-state index is 0.0444. The number of ether oxygens (including phenoxy) is 2. The van der Waals surface area contributed by atoms with Crippen molar-refractivity contribution in [2.75, 3.05) is 6.61 Å². The van der Waals surface area contributed by atoms with Gasteiger partial charge in [-0.3, -0.25) is 4.79 Å². The van der Waals surface area contributed by atoms with Gasteiger partial charge in [0.15, 0.2) is 0 Å². The Bertz CT molecular complexity index is 682. The van der Waals surface area contributed by atoms with Gasteiger partial charge in [0, 0.05) is 17.1 Å². The number of nitrogens with one attached hydrogen (secondary N) is 1. The lowest BCUT2D eigenvalue weighted by atomic mass is 10.2. The fourth-order valence-electron chi connectivity index (χ4n) is 1.96. The van der Waals surface area contributed by atoms with Gasteiger partial charge < -0.3 is 14.8 Å². The molecule has 0 saturated carbocycles. The van der Waals surface area contributed by atoms with E-state index in [0.29, 0.717) is 16.3 Å². The molecule has 7 heteroatoms. The third-order valence-corrected chi connectivity index (χ3v) is 3.29. The molecular formula is C17H16ClF2NO3. The molecule has 1 N–H and O–H groups in total. The Labute approximate surface area is 143 Å². The van der Waals surface area contributed by atoms with E-state index in [1.165, 1.54) is 6.07 Å². The molecule has 0 spiro atoms. The highest BCUT2D eigenvalue weighted by Gasteiger charge is 2.10. The highest BCUT2D eigenvalue weighted by atomic mass is 35.5. The van der Waals surface area contributed by atoms with Gasteiger partial charge in [-0.15, -0.1) is 0 Å². The summed E-state index contributed by atoms with van der Waals surface area (Å²) in [5.74, 6) is 0.359. The Morgan fingerprint density at radius 2 is 1.96 bits per heavy atom. The second-order valence-corrected chi connectivity index (χ2v) is 5.26. The number of hydrogen-bond donors (Lipinski definition) is 1. The third-order valence-electron chi connectivity index (χ3n) is 3.06. The van der Waals surface area contributed by atoms with Crippen LogP contribution in [-0.2, 0) is 11.3 Å². The number of para-hydroxylation sites is 1. The van der Waals surface area contributed by atoms with E-state index in [9.17, 15) is 13.6 Å². The van der Waals surface area contributed by atoms with Crippen molar-refractivity contribution in [2.24, 2.45) is 0 Å². The summed E-state index contributed by atoms with van der Waals surface area (Å²) in [5.41, 5.74) is 0.474. The topological polar surface area (TPSA) is 47.6 Å². The Hall–Kier alpha value is -2.34. The summed E-state index contributed by atoms with van der Waals surface area (Å²) in [5, 5.41) is 3.19. The molecule has 0 bridgehead atoms. The molecule has 128 valence electrons. The predicted octanol–water partition coefficient (Wildman–Crippen LogP) is 4.03. The van der Waals surface area contributed by atoms with Gasteiger partial charge in [-0.1, -0.05) is 35.9 Å². The van der Waals surface area contributed by atoms with Gasteiger partial charge in [-0.2, -0.15) is 8.78 Å². The summed E-state index contributed by atoms with van der Waals surface area (Å²) in [4.78, 5) is 11.8. The molecule has 0 atom stereocenters. The zero-order valence-corrected chi connectivity index (χ0v) is 13.4. The van der Waals surface area contributed by atoms with Crippen molar-refractivity contribution in [1.29, 1.82) is 0 Å². The van der Waals surface area contributed by atoms with Gasteiger partial charge in [0.1, 0.15) is 11.5 Å². The van der Waals surface area contributed by atoms with E-state index in [4.69, 9.17) is 16.3 Å². The van der Waals surface area contributed by atoms with Gasteiger partial charge in [-0.05, 0) is 24.3 Å². The maximum atomic E-state index is 12.3. The molecule has 0 aliphatic rings. The van der Waals surface area contributed by atoms with Crippen molar-refractivity contribution in [3.8, 4) is 11.5 Å². The number of halogens is 3. The lowest BCUT2D eigenvalue weighted by molar-refractivity contribution is -0.121. The second-order valence-electron chi connectivity index (χ2n) is 4.82. The molecular weight excluding hydrogens is 340 g/mol. The molecule has 0 aliphatic heterocycles. The SMILES string of the molecule is O=C(CCOc1cccc(Cl)c1)NCc1ccccc1OC(F)F. The average Bonchev–Trinajstić information content (AvgIpc) is 2.53. The first-order chi connectivity index (χ1) is 11.5. The Balaban J connectivity index is 1.77. The van der Waals surface area contributed by atoms with E-state index in [1.54, 1.807) is 42.5 Å². The molecule has 2 rings (SSSR count). The zero-order chi connectivity index (χ0) is 17.4. The molecule has 0 unspecified atom stereocenters. The smallest absolute Gasteiger partial charge is 0.387 e. The largest absolute Gasteiger partial charge is 0.493 e. The van der Waals surface area contributed by atoms with Crippen molar-refractivity contribution >= 4 is 17.5 Å². The fourth-order valence-corrected chi connectivity index (χ4v) is 2.14. The number of amides is 1. The molecule has 0 heterocycles. The molecule has 2 aromatic carbocycles. The van der Waals surface area contributed by atoms with Crippen LogP contribution in [0.25, 0.3) is 0 Å². The molecule has 0 aromatic heterocycles. The number of benzene rings is 2. The minimum Gasteiger partial charge on any atom is -0.493 e. The van der Waals surface area contributed by atoms with E-state index in [-0.39, 0.29) is 31.2 Å². The van der Waals surface area contributed by atoms with Crippen LogP contribution in [0.3, 0.4) is 0 Å². The zero-order valence-electron chi connectivity index (χ0n) is 12.7. The Kier molecular flexibility index (Phi) is 6.81. The monoisotopic (exact) mass is 355 g/mol. The number of hydrogen-bond acceptors (Lipinski definition) is 3. The summed E-state index contributed by atoms with van der Waals surface area (Å²) in [6, 6.07) is 13.2. The van der Waals surface area contributed by atoms with Gasteiger partial charge in [0.2, 0.25) is 5.91 Å². The van der Waals surface area contributed by atoms with Gasteiger partial charge in [-0.25, -0.2) is 0 Å². The third kappa shape index (κ3) is 6.04. The number of carbonyl (C=O) groups is 1. The van der Waals surface area contributed by atoms with Crippen molar-refractivity contribution in [3.63, 3.8) is 0 Å². The molecule has 0 fully saturated rings. The summed E-state index contributed by atoms with van der Waals surface area (Å²) in [7, 11) is 0. The van der Waals surface area contributed by atoms with Gasteiger partial charge >= 0.3 is 6.61 Å². The van der Waals surface area contributed by atoms with Crippen LogP contribution in [-0.4, -0.2) is 19.1 Å². The Morgan fingerprint density at radius 1 is 1.17 bits per heavy atom. The lowest BCUT2D eigenvalue weighted by Gasteiger charge is -2.11. The van der Waals surface area contributed by atoms with E-state index in [0.717, 1.165) is 0 Å². The first-order valence-corrected chi connectivity index (χ1v) is 7.60. The van der Waals surface area contributed by atoms with Crippen LogP contribution in [0.5, 0.6) is 11.5 Å². The maximum Gasteiger partial charge on any atom is 0.387 e. The molecule has 2 aromatic rings. The second kappa shape index (κ2) is 9.08. The summed E-state index contributed by atoms with van der Waals surface area (Å²) in [6.07, 6.45) is 0.129. The quantitative estimate of drug-likeness (QED) is 0.777. The summed E-state index contributed by atoms with van der Waals surface area (Å²) >= 11 is 5.83. The van der Waals surface area contributed by atoms with Crippen molar-refractivity contribution in [3.05, 3.63) is 59.1 Å². The van der Waals surface area contributed by atoms with Gasteiger partial charge in [0.25, 0.3) is 0 Å². The first-order valence-electron chi connectivity index (χ1n) is 7.22. The van der Waals surface area contributed by atoms with E-state index < -0.39 is 6.61 Å². The lowest BCUT2D eigenvalue weighted by Crippen LogP contribution is -2.24. The summed E-state index contributed by atoms with van der Waals surface area (Å²) < 4.78 is 34.5. The Morgan fingerprint density at radius 3 is 2.71 bits per heavy atom. The molecule has 24 heavy (non-hydrogen) atoms. The highest BCUT2D eigenvalue weighted by Crippen LogP contribution is 2.20. The summed E-state index contributed by atoms with van der Waals surface area (Å²) in [6.45, 7) is -2.63. The molecule has 4 nitrogen and oxygen atoms in total. The molecule has 0 radical (unpaired) electrons. The molecule has 1 amide bonds. The first kappa shape index (κ1) is 18.0. The van der Waals surface area contributed by atoms with Crippen LogP contribution < -0.4 is 14.8 Å². The normalized spacial score (nSPS) is 10.5. The van der Waals surface area contributed by atoms with Gasteiger partial charge in [0.05, 0.1) is 13.0 Å². The minimum atomic E-state index is -2.91. The van der Waals surface area contributed by atoms with Crippen LogP contribution in [0.15, 0.2) is 48.5 Å². The van der Waals surface area contributed by atoms with Crippen molar-refractivity contribution < 1.29 is 23.0 Å². The highest BCUT2D eigenvalue weighted by molar-refractivity contribution is 6.30. The maximum absolute atomic E-state index is 12.3.